The van der Waals surface area contributed by atoms with E-state index >= 15 is 0 Å². The maximum atomic E-state index is 13.5. The predicted molar refractivity (Wildman–Crippen MR) is 125 cm³/mol. The van der Waals surface area contributed by atoms with E-state index in [0.717, 1.165) is 62.4 Å². The number of aliphatic hydroxyl groups excluding tert-OH is 1. The zero-order valence-electron chi connectivity index (χ0n) is 19.3. The molecule has 0 radical (unpaired) electrons. The van der Waals surface area contributed by atoms with Crippen LogP contribution in [-0.4, -0.2) is 56.8 Å². The van der Waals surface area contributed by atoms with Gasteiger partial charge in [0, 0.05) is 30.5 Å². The van der Waals surface area contributed by atoms with E-state index in [9.17, 15) is 9.90 Å². The summed E-state index contributed by atoms with van der Waals surface area (Å²) in [7, 11) is 4.24. The molecule has 0 aliphatic heterocycles. The number of hydrogen-bond donors (Lipinski definition) is 2. The Morgan fingerprint density at radius 1 is 1.23 bits per heavy atom. The van der Waals surface area contributed by atoms with E-state index in [1.165, 1.54) is 0 Å². The average molecular weight is 428 g/mol. The second kappa shape index (κ2) is 9.25. The SMILES string of the molecule is CC[C@H](C)Nc1ncc2c(=O)n([C@H]3CC[C@H](N(C)C)C3)cc(C3CCC(O)CC3)c2n1. The summed E-state index contributed by atoms with van der Waals surface area (Å²) in [6, 6.07) is 1.00. The third-order valence-corrected chi connectivity index (χ3v) is 7.43. The molecule has 7 heteroatoms. The number of pyridine rings is 1. The van der Waals surface area contributed by atoms with Gasteiger partial charge in [-0.3, -0.25) is 4.79 Å². The van der Waals surface area contributed by atoms with Crippen molar-refractivity contribution in [2.24, 2.45) is 0 Å². The van der Waals surface area contributed by atoms with Gasteiger partial charge in [0.05, 0.1) is 17.0 Å². The van der Waals surface area contributed by atoms with E-state index in [0.29, 0.717) is 23.3 Å². The minimum absolute atomic E-state index is 0.0223. The molecule has 2 aliphatic carbocycles. The van der Waals surface area contributed by atoms with Crippen LogP contribution in [0.4, 0.5) is 5.95 Å². The molecule has 2 aromatic heterocycles. The highest BCUT2D eigenvalue weighted by Gasteiger charge is 2.30. The molecule has 2 aliphatic rings. The maximum absolute atomic E-state index is 13.5. The van der Waals surface area contributed by atoms with Crippen LogP contribution in [0.15, 0.2) is 17.2 Å². The lowest BCUT2D eigenvalue weighted by Gasteiger charge is -2.28. The van der Waals surface area contributed by atoms with Gasteiger partial charge in [0.1, 0.15) is 0 Å². The Hall–Kier alpha value is -1.99. The number of nitrogens with zero attached hydrogens (tertiary/aromatic N) is 4. The van der Waals surface area contributed by atoms with Crippen LogP contribution in [0.5, 0.6) is 0 Å². The van der Waals surface area contributed by atoms with Crippen molar-refractivity contribution in [1.82, 2.24) is 19.4 Å². The molecule has 7 nitrogen and oxygen atoms in total. The minimum Gasteiger partial charge on any atom is -0.393 e. The van der Waals surface area contributed by atoms with Crippen molar-refractivity contribution in [1.29, 1.82) is 0 Å². The van der Waals surface area contributed by atoms with Crippen LogP contribution < -0.4 is 10.9 Å². The molecular weight excluding hydrogens is 390 g/mol. The van der Waals surface area contributed by atoms with Gasteiger partial charge in [-0.05, 0) is 83.9 Å². The van der Waals surface area contributed by atoms with E-state index in [4.69, 9.17) is 4.98 Å². The maximum Gasteiger partial charge on any atom is 0.261 e. The second-order valence-corrected chi connectivity index (χ2v) is 9.80. The standard InChI is InChI=1S/C24H37N5O2/c1-5-15(2)26-24-25-13-20-22(27-24)21(16-6-10-19(30)11-7-16)14-29(23(20)31)18-9-8-17(12-18)28(3)4/h13-19,30H,5-12H2,1-4H3,(H,25,26,27)/t15-,16?,17-,18-,19?/m0/s1. The number of rotatable bonds is 6. The number of hydrogen-bond acceptors (Lipinski definition) is 6. The summed E-state index contributed by atoms with van der Waals surface area (Å²) in [5.74, 6) is 0.903. The van der Waals surface area contributed by atoms with Crippen molar-refractivity contribution in [2.75, 3.05) is 19.4 Å². The van der Waals surface area contributed by atoms with E-state index in [2.05, 4.69) is 49.3 Å². The molecule has 0 saturated heterocycles. The summed E-state index contributed by atoms with van der Waals surface area (Å²) in [6.45, 7) is 4.23. The molecule has 0 bridgehead atoms. The zero-order chi connectivity index (χ0) is 22.1. The molecular formula is C24H37N5O2. The quantitative estimate of drug-likeness (QED) is 0.732. The molecule has 2 fully saturated rings. The Bertz CT molecular complexity index is 964. The third kappa shape index (κ3) is 4.62. The highest BCUT2D eigenvalue weighted by atomic mass is 16.3. The lowest BCUT2D eigenvalue weighted by atomic mass is 9.82. The van der Waals surface area contributed by atoms with Gasteiger partial charge < -0.3 is 19.9 Å². The van der Waals surface area contributed by atoms with E-state index in [1.54, 1.807) is 6.20 Å². The summed E-state index contributed by atoms with van der Waals surface area (Å²) >= 11 is 0. The van der Waals surface area contributed by atoms with E-state index < -0.39 is 0 Å². The van der Waals surface area contributed by atoms with Crippen molar-refractivity contribution in [3.63, 3.8) is 0 Å². The van der Waals surface area contributed by atoms with E-state index in [1.807, 2.05) is 4.57 Å². The molecule has 2 N–H and O–H groups in total. The minimum atomic E-state index is -0.207. The van der Waals surface area contributed by atoms with Gasteiger partial charge in [-0.15, -0.1) is 0 Å². The van der Waals surface area contributed by atoms with Gasteiger partial charge in [-0.2, -0.15) is 0 Å². The molecule has 2 heterocycles. The first-order valence-corrected chi connectivity index (χ1v) is 11.9. The fraction of sp³-hybridized carbons (Fsp3) is 0.708. The van der Waals surface area contributed by atoms with Crippen molar-refractivity contribution < 1.29 is 5.11 Å². The average Bonchev–Trinajstić information content (AvgIpc) is 3.25. The molecule has 4 rings (SSSR count). The number of anilines is 1. The fourth-order valence-electron chi connectivity index (χ4n) is 5.17. The molecule has 3 atom stereocenters. The monoisotopic (exact) mass is 427 g/mol. The number of aliphatic hydroxyl groups is 1. The molecule has 2 saturated carbocycles. The van der Waals surface area contributed by atoms with Crippen molar-refractivity contribution in [2.45, 2.75) is 95.4 Å². The van der Waals surface area contributed by atoms with Gasteiger partial charge >= 0.3 is 0 Å². The summed E-state index contributed by atoms with van der Waals surface area (Å²) in [4.78, 5) is 25.1. The van der Waals surface area contributed by atoms with Gasteiger partial charge in [0.15, 0.2) is 0 Å². The Labute approximate surface area is 184 Å². The number of nitrogens with one attached hydrogen (secondary N) is 1. The normalized spacial score (nSPS) is 27.7. The first kappa shape index (κ1) is 22.2. The van der Waals surface area contributed by atoms with Gasteiger partial charge in [0.25, 0.3) is 5.56 Å². The molecule has 0 unspecified atom stereocenters. The van der Waals surface area contributed by atoms with Crippen molar-refractivity contribution in [3.05, 3.63) is 28.3 Å². The highest BCUT2D eigenvalue weighted by molar-refractivity contribution is 5.81. The first-order chi connectivity index (χ1) is 14.9. The summed E-state index contributed by atoms with van der Waals surface area (Å²) in [6.07, 6.45) is 11.2. The highest BCUT2D eigenvalue weighted by Crippen LogP contribution is 2.37. The predicted octanol–water partition coefficient (Wildman–Crippen LogP) is 3.68. The third-order valence-electron chi connectivity index (χ3n) is 7.43. The van der Waals surface area contributed by atoms with Gasteiger partial charge in [-0.1, -0.05) is 6.92 Å². The largest absolute Gasteiger partial charge is 0.393 e. The molecule has 2 aromatic rings. The Kier molecular flexibility index (Phi) is 6.63. The summed E-state index contributed by atoms with van der Waals surface area (Å²) < 4.78 is 1.97. The smallest absolute Gasteiger partial charge is 0.261 e. The lowest BCUT2D eigenvalue weighted by Crippen LogP contribution is -2.29. The molecule has 0 aromatic carbocycles. The van der Waals surface area contributed by atoms with Gasteiger partial charge in [0.2, 0.25) is 5.95 Å². The van der Waals surface area contributed by atoms with Crippen molar-refractivity contribution in [3.8, 4) is 0 Å². The summed E-state index contributed by atoms with van der Waals surface area (Å²) in [5, 5.41) is 14.0. The van der Waals surface area contributed by atoms with Crippen LogP contribution >= 0.6 is 0 Å². The number of aromatic nitrogens is 3. The Morgan fingerprint density at radius 3 is 2.61 bits per heavy atom. The van der Waals surface area contributed by atoms with Crippen LogP contribution in [0.25, 0.3) is 10.9 Å². The Morgan fingerprint density at radius 2 is 1.97 bits per heavy atom. The molecule has 170 valence electrons. The van der Waals surface area contributed by atoms with Crippen LogP contribution in [0.1, 0.15) is 82.7 Å². The van der Waals surface area contributed by atoms with Gasteiger partial charge in [-0.25, -0.2) is 9.97 Å². The van der Waals surface area contributed by atoms with E-state index in [-0.39, 0.29) is 23.7 Å². The Balaban J connectivity index is 1.78. The topological polar surface area (TPSA) is 83.3 Å². The van der Waals surface area contributed by atoms with Crippen molar-refractivity contribution >= 4 is 16.9 Å². The van der Waals surface area contributed by atoms with Crippen LogP contribution in [-0.2, 0) is 0 Å². The first-order valence-electron chi connectivity index (χ1n) is 11.9. The molecule has 0 spiro atoms. The number of fused-ring (bicyclic) bond motifs is 1. The lowest BCUT2D eigenvalue weighted by molar-refractivity contribution is 0.122. The molecule has 31 heavy (non-hydrogen) atoms. The van der Waals surface area contributed by atoms with Crippen LogP contribution in [0, 0.1) is 0 Å². The zero-order valence-corrected chi connectivity index (χ0v) is 19.3. The second-order valence-electron chi connectivity index (χ2n) is 9.80. The molecule has 0 amide bonds. The van der Waals surface area contributed by atoms with Crippen LogP contribution in [0.3, 0.4) is 0 Å². The van der Waals surface area contributed by atoms with Crippen LogP contribution in [0.2, 0.25) is 0 Å². The fourth-order valence-corrected chi connectivity index (χ4v) is 5.17. The summed E-state index contributed by atoms with van der Waals surface area (Å²) in [5.41, 5.74) is 1.95.